The average Bonchev–Trinajstić information content (AvgIpc) is 2.54. The molecule has 1 aromatic rings. The molecule has 120 valence electrons. The van der Waals surface area contributed by atoms with Crippen molar-refractivity contribution in [3.05, 3.63) is 51.2 Å². The van der Waals surface area contributed by atoms with Crippen LogP contribution in [0, 0.1) is 16.0 Å². The van der Waals surface area contributed by atoms with E-state index in [1.165, 1.54) is 25.3 Å². The molecule has 0 saturated heterocycles. The summed E-state index contributed by atoms with van der Waals surface area (Å²) in [6.07, 6.45) is 5.34. The van der Waals surface area contributed by atoms with Gasteiger partial charge in [0.15, 0.2) is 17.3 Å². The zero-order chi connectivity index (χ0) is 16.8. The number of rotatable bonds is 3. The second-order valence-electron chi connectivity index (χ2n) is 5.86. The van der Waals surface area contributed by atoms with Crippen molar-refractivity contribution in [2.45, 2.75) is 25.2 Å². The smallest absolute Gasteiger partial charge is 0.251 e. The highest BCUT2D eigenvalue weighted by atomic mass is 16.6. The standard InChI is InChI=1S/C17H17NO5/c1-3-17-7-6-11(19)9-12(17)13(18(21)22)8-10-4-5-14(20)16(23-2)15(10)17/h4-8,12,20H,3,9H2,1-2H3/t12?,17-/m0/s1. The van der Waals surface area contributed by atoms with Crippen molar-refractivity contribution >= 4 is 11.9 Å². The molecule has 2 aliphatic rings. The molecule has 1 aromatic carbocycles. The lowest BCUT2D eigenvalue weighted by Crippen LogP contribution is -2.42. The number of hydrogen-bond donors (Lipinski definition) is 1. The fraction of sp³-hybridized carbons (Fsp3) is 0.353. The van der Waals surface area contributed by atoms with Crippen molar-refractivity contribution in [1.82, 2.24) is 0 Å². The summed E-state index contributed by atoms with van der Waals surface area (Å²) in [5.74, 6) is -0.398. The van der Waals surface area contributed by atoms with E-state index in [-0.39, 0.29) is 23.7 Å². The molecule has 23 heavy (non-hydrogen) atoms. The number of phenolic OH excluding ortho intramolecular Hbond substituents is 1. The Hall–Kier alpha value is -2.63. The molecule has 6 heteroatoms. The van der Waals surface area contributed by atoms with Gasteiger partial charge in [0, 0.05) is 23.5 Å². The molecule has 0 spiro atoms. The van der Waals surface area contributed by atoms with Crippen LogP contribution >= 0.6 is 0 Å². The SMILES string of the molecule is CC[C@]12C=CC(=O)CC1C([N+](=O)[O-])=Cc1ccc(O)c(OC)c12. The molecule has 0 saturated carbocycles. The minimum atomic E-state index is -0.732. The van der Waals surface area contributed by atoms with E-state index >= 15 is 0 Å². The van der Waals surface area contributed by atoms with Gasteiger partial charge in [-0.2, -0.15) is 0 Å². The first-order valence-corrected chi connectivity index (χ1v) is 7.43. The van der Waals surface area contributed by atoms with E-state index in [2.05, 4.69) is 0 Å². The lowest BCUT2D eigenvalue weighted by Gasteiger charge is -2.42. The predicted octanol–water partition coefficient (Wildman–Crippen LogP) is 2.83. The number of ether oxygens (including phenoxy) is 1. The minimum absolute atomic E-state index is 0.0129. The number of aromatic hydroxyl groups is 1. The summed E-state index contributed by atoms with van der Waals surface area (Å²) >= 11 is 0. The largest absolute Gasteiger partial charge is 0.504 e. The van der Waals surface area contributed by atoms with Crippen molar-refractivity contribution in [2.24, 2.45) is 5.92 Å². The molecule has 0 aromatic heterocycles. The van der Waals surface area contributed by atoms with Crippen molar-refractivity contribution in [3.8, 4) is 11.5 Å². The molecule has 0 aliphatic heterocycles. The van der Waals surface area contributed by atoms with Gasteiger partial charge in [-0.05, 0) is 24.1 Å². The van der Waals surface area contributed by atoms with Crippen LogP contribution in [-0.4, -0.2) is 22.9 Å². The Kier molecular flexibility index (Phi) is 3.47. The zero-order valence-corrected chi connectivity index (χ0v) is 12.9. The topological polar surface area (TPSA) is 89.7 Å². The summed E-state index contributed by atoms with van der Waals surface area (Å²) in [5.41, 5.74) is 0.653. The van der Waals surface area contributed by atoms with Gasteiger partial charge in [0.1, 0.15) is 0 Å². The van der Waals surface area contributed by atoms with Crippen molar-refractivity contribution in [1.29, 1.82) is 0 Å². The van der Waals surface area contributed by atoms with Crippen molar-refractivity contribution in [3.63, 3.8) is 0 Å². The van der Waals surface area contributed by atoms with Gasteiger partial charge in [-0.25, -0.2) is 0 Å². The quantitative estimate of drug-likeness (QED) is 0.684. The fourth-order valence-electron chi connectivity index (χ4n) is 3.81. The number of nitro groups is 1. The van der Waals surface area contributed by atoms with Crippen LogP contribution in [0.15, 0.2) is 30.0 Å². The first-order chi connectivity index (χ1) is 10.9. The maximum atomic E-state index is 11.9. The number of nitrogens with zero attached hydrogens (tertiary/aromatic N) is 1. The fourth-order valence-corrected chi connectivity index (χ4v) is 3.81. The second kappa shape index (κ2) is 5.22. The van der Waals surface area contributed by atoms with Crippen LogP contribution in [0.2, 0.25) is 0 Å². The number of hydrogen-bond acceptors (Lipinski definition) is 5. The Morgan fingerprint density at radius 1 is 1.48 bits per heavy atom. The lowest BCUT2D eigenvalue weighted by molar-refractivity contribution is -0.434. The van der Waals surface area contributed by atoms with Crippen LogP contribution in [0.1, 0.15) is 30.9 Å². The van der Waals surface area contributed by atoms with Gasteiger partial charge in [0.2, 0.25) is 0 Å². The van der Waals surface area contributed by atoms with E-state index in [9.17, 15) is 20.0 Å². The molecule has 0 heterocycles. The van der Waals surface area contributed by atoms with Crippen LogP contribution in [0.25, 0.3) is 6.08 Å². The summed E-state index contributed by atoms with van der Waals surface area (Å²) in [6, 6.07) is 3.11. The van der Waals surface area contributed by atoms with Gasteiger partial charge < -0.3 is 9.84 Å². The van der Waals surface area contributed by atoms with E-state index in [1.54, 1.807) is 12.1 Å². The van der Waals surface area contributed by atoms with Crippen molar-refractivity contribution in [2.75, 3.05) is 7.11 Å². The Balaban J connectivity index is 2.40. The van der Waals surface area contributed by atoms with E-state index < -0.39 is 16.3 Å². The van der Waals surface area contributed by atoms with Crippen molar-refractivity contribution < 1.29 is 19.6 Å². The molecule has 3 rings (SSSR count). The maximum absolute atomic E-state index is 11.9. The molecular formula is C17H17NO5. The van der Waals surface area contributed by atoms with Crippen LogP contribution in [0.3, 0.4) is 0 Å². The molecule has 0 radical (unpaired) electrons. The molecule has 2 atom stereocenters. The summed E-state index contributed by atoms with van der Waals surface area (Å²) in [5, 5.41) is 21.6. The molecule has 6 nitrogen and oxygen atoms in total. The molecule has 0 fully saturated rings. The van der Waals surface area contributed by atoms with E-state index in [4.69, 9.17) is 4.74 Å². The Morgan fingerprint density at radius 3 is 2.83 bits per heavy atom. The van der Waals surface area contributed by atoms with Gasteiger partial charge in [-0.3, -0.25) is 14.9 Å². The predicted molar refractivity (Wildman–Crippen MR) is 83.9 cm³/mol. The molecule has 1 unspecified atom stereocenters. The monoisotopic (exact) mass is 315 g/mol. The third-order valence-electron chi connectivity index (χ3n) is 4.89. The lowest BCUT2D eigenvalue weighted by atomic mass is 9.59. The van der Waals surface area contributed by atoms with E-state index in [0.29, 0.717) is 23.3 Å². The zero-order valence-electron chi connectivity index (χ0n) is 12.9. The van der Waals surface area contributed by atoms with E-state index in [1.807, 2.05) is 6.92 Å². The summed E-state index contributed by atoms with van der Waals surface area (Å²) in [4.78, 5) is 23.0. The molecule has 0 bridgehead atoms. The van der Waals surface area contributed by atoms with Gasteiger partial charge in [-0.15, -0.1) is 0 Å². The van der Waals surface area contributed by atoms with E-state index in [0.717, 1.165) is 0 Å². The summed E-state index contributed by atoms with van der Waals surface area (Å²) in [7, 11) is 1.46. The summed E-state index contributed by atoms with van der Waals surface area (Å²) < 4.78 is 5.37. The number of carbonyl (C=O) groups excluding carboxylic acids is 1. The number of phenols is 1. The highest BCUT2D eigenvalue weighted by Crippen LogP contribution is 2.54. The van der Waals surface area contributed by atoms with Crippen LogP contribution < -0.4 is 4.74 Å². The minimum Gasteiger partial charge on any atom is -0.504 e. The molecular weight excluding hydrogens is 298 g/mol. The van der Waals surface area contributed by atoms with Crippen LogP contribution in [0.5, 0.6) is 11.5 Å². The number of allylic oxidation sites excluding steroid dienone is 3. The number of methoxy groups -OCH3 is 1. The second-order valence-corrected chi connectivity index (χ2v) is 5.86. The highest BCUT2D eigenvalue weighted by molar-refractivity contribution is 5.92. The third kappa shape index (κ3) is 2.05. The maximum Gasteiger partial charge on any atom is 0.251 e. The van der Waals surface area contributed by atoms with Crippen LogP contribution in [-0.2, 0) is 10.2 Å². The Bertz CT molecular complexity index is 764. The Labute approximate surface area is 133 Å². The Morgan fingerprint density at radius 2 is 2.22 bits per heavy atom. The van der Waals surface area contributed by atoms with Gasteiger partial charge in [0.25, 0.3) is 5.70 Å². The molecule has 2 aliphatic carbocycles. The van der Waals surface area contributed by atoms with Gasteiger partial charge in [0.05, 0.1) is 18.0 Å². The highest BCUT2D eigenvalue weighted by Gasteiger charge is 2.51. The average molecular weight is 315 g/mol. The molecule has 0 amide bonds. The number of ketones is 1. The number of benzene rings is 1. The normalized spacial score (nSPS) is 25.4. The van der Waals surface area contributed by atoms with Gasteiger partial charge in [-0.1, -0.05) is 19.1 Å². The van der Waals surface area contributed by atoms with Gasteiger partial charge >= 0.3 is 0 Å². The third-order valence-corrected chi connectivity index (χ3v) is 4.89. The molecule has 1 N–H and O–H groups in total. The summed E-state index contributed by atoms with van der Waals surface area (Å²) in [6.45, 7) is 1.92. The number of carbonyl (C=O) groups is 1. The first-order valence-electron chi connectivity index (χ1n) is 7.43. The first kappa shape index (κ1) is 15.3. The number of fused-ring (bicyclic) bond motifs is 3. The van der Waals surface area contributed by atoms with Crippen LogP contribution in [0.4, 0.5) is 0 Å².